The van der Waals surface area contributed by atoms with Crippen LogP contribution >= 0.6 is 11.6 Å². The number of benzene rings is 1. The molecular weight excluding hydrogens is 324 g/mol. The van der Waals surface area contributed by atoms with Gasteiger partial charge in [0.2, 0.25) is 0 Å². The van der Waals surface area contributed by atoms with E-state index in [1.807, 2.05) is 43.3 Å². The fraction of sp³-hybridized carbons (Fsp3) is 0.444. The SMILES string of the molecule is Cc1ccc(N2CCCN(C[C@@H](O)c3cccc(Cl)c3)CC2)nn1. The molecule has 1 N–H and O–H groups in total. The average molecular weight is 347 g/mol. The smallest absolute Gasteiger partial charge is 0.151 e. The highest BCUT2D eigenvalue weighted by Gasteiger charge is 2.19. The van der Waals surface area contributed by atoms with E-state index in [-0.39, 0.29) is 0 Å². The Morgan fingerprint density at radius 3 is 2.75 bits per heavy atom. The van der Waals surface area contributed by atoms with Crippen LogP contribution in [0.25, 0.3) is 0 Å². The van der Waals surface area contributed by atoms with Crippen molar-refractivity contribution in [2.45, 2.75) is 19.4 Å². The van der Waals surface area contributed by atoms with Crippen LogP contribution in [0, 0.1) is 6.92 Å². The molecule has 1 saturated heterocycles. The zero-order valence-corrected chi connectivity index (χ0v) is 14.7. The van der Waals surface area contributed by atoms with Crippen molar-refractivity contribution < 1.29 is 5.11 Å². The number of rotatable bonds is 4. The van der Waals surface area contributed by atoms with Crippen LogP contribution in [0.5, 0.6) is 0 Å². The molecule has 0 bridgehead atoms. The summed E-state index contributed by atoms with van der Waals surface area (Å²) < 4.78 is 0. The molecule has 1 aromatic heterocycles. The summed E-state index contributed by atoms with van der Waals surface area (Å²) in [5.74, 6) is 0.929. The van der Waals surface area contributed by atoms with E-state index in [4.69, 9.17) is 11.6 Å². The highest BCUT2D eigenvalue weighted by molar-refractivity contribution is 6.30. The Bertz CT molecular complexity index is 664. The molecular formula is C18H23ClN4O. The van der Waals surface area contributed by atoms with Crippen molar-refractivity contribution in [1.82, 2.24) is 15.1 Å². The topological polar surface area (TPSA) is 52.5 Å². The maximum Gasteiger partial charge on any atom is 0.151 e. The first-order valence-corrected chi connectivity index (χ1v) is 8.71. The van der Waals surface area contributed by atoms with Gasteiger partial charge in [0.25, 0.3) is 0 Å². The molecule has 0 aliphatic carbocycles. The van der Waals surface area contributed by atoms with Crippen molar-refractivity contribution in [3.63, 3.8) is 0 Å². The van der Waals surface area contributed by atoms with E-state index < -0.39 is 6.10 Å². The Morgan fingerprint density at radius 1 is 1.12 bits per heavy atom. The van der Waals surface area contributed by atoms with Gasteiger partial charge in [-0.15, -0.1) is 5.10 Å². The molecule has 1 atom stereocenters. The number of nitrogens with zero attached hydrogens (tertiary/aromatic N) is 4. The number of aromatic nitrogens is 2. The number of aliphatic hydroxyl groups is 1. The largest absolute Gasteiger partial charge is 0.387 e. The summed E-state index contributed by atoms with van der Waals surface area (Å²) in [7, 11) is 0. The Morgan fingerprint density at radius 2 is 2.00 bits per heavy atom. The second-order valence-electron chi connectivity index (χ2n) is 6.24. The molecule has 6 heteroatoms. The molecule has 0 amide bonds. The number of hydrogen-bond acceptors (Lipinski definition) is 5. The first-order valence-electron chi connectivity index (χ1n) is 8.33. The maximum absolute atomic E-state index is 10.5. The lowest BCUT2D eigenvalue weighted by molar-refractivity contribution is 0.117. The van der Waals surface area contributed by atoms with Crippen LogP contribution in [-0.2, 0) is 0 Å². The molecule has 1 fully saturated rings. The van der Waals surface area contributed by atoms with Gasteiger partial charge in [0, 0.05) is 37.7 Å². The standard InChI is InChI=1S/C18H23ClN4O/c1-14-6-7-18(21-20-14)23-9-3-8-22(10-11-23)13-17(24)15-4-2-5-16(19)12-15/h2,4-7,12,17,24H,3,8-11,13H2,1H3/t17-/m1/s1. The summed E-state index contributed by atoms with van der Waals surface area (Å²) in [5.41, 5.74) is 1.80. The quantitative estimate of drug-likeness (QED) is 0.922. The van der Waals surface area contributed by atoms with Gasteiger partial charge in [0.1, 0.15) is 0 Å². The highest BCUT2D eigenvalue weighted by atomic mass is 35.5. The lowest BCUT2D eigenvalue weighted by atomic mass is 10.1. The number of anilines is 1. The Kier molecular flexibility index (Phi) is 5.66. The second kappa shape index (κ2) is 7.92. The van der Waals surface area contributed by atoms with Gasteiger partial charge in [-0.3, -0.25) is 4.90 Å². The third-order valence-electron chi connectivity index (χ3n) is 4.36. The first-order chi connectivity index (χ1) is 11.6. The van der Waals surface area contributed by atoms with Gasteiger partial charge < -0.3 is 10.0 Å². The van der Waals surface area contributed by atoms with Crippen molar-refractivity contribution >= 4 is 17.4 Å². The van der Waals surface area contributed by atoms with E-state index in [9.17, 15) is 5.11 Å². The van der Waals surface area contributed by atoms with Gasteiger partial charge in [-0.1, -0.05) is 23.7 Å². The van der Waals surface area contributed by atoms with Gasteiger partial charge in [-0.2, -0.15) is 5.10 Å². The van der Waals surface area contributed by atoms with Crippen LogP contribution in [0.2, 0.25) is 5.02 Å². The van der Waals surface area contributed by atoms with Crippen molar-refractivity contribution in [1.29, 1.82) is 0 Å². The van der Waals surface area contributed by atoms with Crippen LogP contribution in [0.4, 0.5) is 5.82 Å². The van der Waals surface area contributed by atoms with Gasteiger partial charge in [0.15, 0.2) is 5.82 Å². The number of aliphatic hydroxyl groups excluding tert-OH is 1. The molecule has 2 heterocycles. The van der Waals surface area contributed by atoms with Crippen LogP contribution in [-0.4, -0.2) is 52.9 Å². The van der Waals surface area contributed by atoms with E-state index in [1.54, 1.807) is 0 Å². The molecule has 1 aromatic carbocycles. The third kappa shape index (κ3) is 4.44. The number of hydrogen-bond donors (Lipinski definition) is 1. The fourth-order valence-corrected chi connectivity index (χ4v) is 3.21. The fourth-order valence-electron chi connectivity index (χ4n) is 3.01. The van der Waals surface area contributed by atoms with Gasteiger partial charge in [0.05, 0.1) is 11.8 Å². The summed E-state index contributed by atoms with van der Waals surface area (Å²) in [5, 5.41) is 19.5. The Hall–Kier alpha value is -1.69. The van der Waals surface area contributed by atoms with E-state index in [1.165, 1.54) is 0 Å². The molecule has 5 nitrogen and oxygen atoms in total. The van der Waals surface area contributed by atoms with Gasteiger partial charge in [-0.25, -0.2) is 0 Å². The molecule has 1 aliphatic heterocycles. The Labute approximate surface area is 147 Å². The third-order valence-corrected chi connectivity index (χ3v) is 4.60. The molecule has 0 spiro atoms. The second-order valence-corrected chi connectivity index (χ2v) is 6.68. The first kappa shape index (κ1) is 17.1. The molecule has 128 valence electrons. The van der Waals surface area contributed by atoms with Crippen LogP contribution in [0.3, 0.4) is 0 Å². The summed E-state index contributed by atoms with van der Waals surface area (Å²) in [4.78, 5) is 4.56. The number of halogens is 1. The normalized spacial score (nSPS) is 17.5. The van der Waals surface area contributed by atoms with E-state index in [0.717, 1.165) is 49.7 Å². The highest BCUT2D eigenvalue weighted by Crippen LogP contribution is 2.20. The summed E-state index contributed by atoms with van der Waals surface area (Å²) >= 11 is 6.01. The minimum absolute atomic E-state index is 0.519. The zero-order chi connectivity index (χ0) is 16.9. The molecule has 0 radical (unpaired) electrons. The number of aryl methyl sites for hydroxylation is 1. The lowest BCUT2D eigenvalue weighted by Gasteiger charge is -2.24. The van der Waals surface area contributed by atoms with Gasteiger partial charge >= 0.3 is 0 Å². The van der Waals surface area contributed by atoms with E-state index in [2.05, 4.69) is 20.0 Å². The van der Waals surface area contributed by atoms with E-state index >= 15 is 0 Å². The summed E-state index contributed by atoms with van der Waals surface area (Å²) in [6.07, 6.45) is 0.520. The number of β-amino-alcohol motifs (C(OH)–C–C–N with tert-alkyl or cyclic N) is 1. The molecule has 0 unspecified atom stereocenters. The Balaban J connectivity index is 1.58. The monoisotopic (exact) mass is 346 g/mol. The van der Waals surface area contributed by atoms with Crippen molar-refractivity contribution in [3.8, 4) is 0 Å². The molecule has 0 saturated carbocycles. The molecule has 24 heavy (non-hydrogen) atoms. The van der Waals surface area contributed by atoms with Gasteiger partial charge in [-0.05, 0) is 43.2 Å². The zero-order valence-electron chi connectivity index (χ0n) is 13.9. The summed E-state index contributed by atoms with van der Waals surface area (Å²) in [6, 6.07) is 11.5. The minimum Gasteiger partial charge on any atom is -0.387 e. The van der Waals surface area contributed by atoms with Crippen LogP contribution in [0.1, 0.15) is 23.8 Å². The molecule has 3 rings (SSSR count). The molecule has 2 aromatic rings. The lowest BCUT2D eigenvalue weighted by Crippen LogP contribution is -2.33. The van der Waals surface area contributed by atoms with Crippen LogP contribution in [0.15, 0.2) is 36.4 Å². The maximum atomic E-state index is 10.5. The predicted molar refractivity (Wildman–Crippen MR) is 96.5 cm³/mol. The van der Waals surface area contributed by atoms with Crippen molar-refractivity contribution in [3.05, 3.63) is 52.7 Å². The minimum atomic E-state index is -0.519. The predicted octanol–water partition coefficient (Wildman–Crippen LogP) is 2.68. The van der Waals surface area contributed by atoms with Crippen molar-refractivity contribution in [2.24, 2.45) is 0 Å². The van der Waals surface area contributed by atoms with E-state index in [0.29, 0.717) is 11.6 Å². The molecule has 1 aliphatic rings. The van der Waals surface area contributed by atoms with Crippen LogP contribution < -0.4 is 4.90 Å². The van der Waals surface area contributed by atoms with Crippen molar-refractivity contribution in [2.75, 3.05) is 37.6 Å². The summed E-state index contributed by atoms with van der Waals surface area (Å²) in [6.45, 7) is 6.27. The average Bonchev–Trinajstić information content (AvgIpc) is 2.81.